The fraction of sp³-hybridized carbons (Fsp3) is 0.105. The smallest absolute Gasteiger partial charge is 0.346 e. The highest BCUT2D eigenvalue weighted by Crippen LogP contribution is 2.33. The number of thiazole rings is 1. The van der Waals surface area contributed by atoms with Crippen molar-refractivity contribution in [2.45, 2.75) is 12.7 Å². The van der Waals surface area contributed by atoms with Crippen LogP contribution < -0.4 is 5.32 Å². The zero-order valence-electron chi connectivity index (χ0n) is 15.2. The Morgan fingerprint density at radius 2 is 2.07 bits per heavy atom. The molecule has 0 saturated heterocycles. The van der Waals surface area contributed by atoms with E-state index in [2.05, 4.69) is 25.4 Å². The summed E-state index contributed by atoms with van der Waals surface area (Å²) in [6.07, 6.45) is 0.0279. The molecular weight excluding hydrogens is 417 g/mol. The molecule has 0 radical (unpaired) electrons. The van der Waals surface area contributed by atoms with E-state index in [9.17, 15) is 18.0 Å². The van der Waals surface area contributed by atoms with Crippen LogP contribution in [0.4, 0.5) is 13.2 Å². The van der Waals surface area contributed by atoms with Crippen LogP contribution in [0.3, 0.4) is 0 Å². The van der Waals surface area contributed by atoms with Gasteiger partial charge in [0.1, 0.15) is 23.4 Å². The van der Waals surface area contributed by atoms with Gasteiger partial charge in [-0.2, -0.15) is 18.3 Å². The molecule has 4 rings (SSSR count). The summed E-state index contributed by atoms with van der Waals surface area (Å²) in [7, 11) is 0. The van der Waals surface area contributed by atoms with E-state index in [1.165, 1.54) is 34.8 Å². The summed E-state index contributed by atoms with van der Waals surface area (Å²) in [4.78, 5) is 24.8. The zero-order valence-corrected chi connectivity index (χ0v) is 16.0. The van der Waals surface area contributed by atoms with Crippen molar-refractivity contribution in [2.75, 3.05) is 0 Å². The second kappa shape index (κ2) is 8.03. The van der Waals surface area contributed by atoms with Gasteiger partial charge in [0.15, 0.2) is 5.82 Å². The number of nitrogens with zero attached hydrogens (tertiary/aromatic N) is 5. The van der Waals surface area contributed by atoms with Crippen LogP contribution >= 0.6 is 11.3 Å². The molecule has 0 aliphatic rings. The maximum absolute atomic E-state index is 12.9. The first kappa shape index (κ1) is 19.7. The Bertz CT molecular complexity index is 1170. The first-order chi connectivity index (χ1) is 14.4. The number of amides is 1. The van der Waals surface area contributed by atoms with Crippen LogP contribution in [0.5, 0.6) is 0 Å². The number of alkyl halides is 3. The van der Waals surface area contributed by atoms with Crippen molar-refractivity contribution in [1.82, 2.24) is 30.0 Å². The van der Waals surface area contributed by atoms with Crippen LogP contribution in [0.2, 0.25) is 0 Å². The highest BCUT2D eigenvalue weighted by Gasteiger charge is 2.30. The molecule has 1 N–H and O–H groups in total. The SMILES string of the molecule is O=C(NCc1cccnc1-n1cncn1)c1csc(-c2cccc(C(F)(F)F)c2)n1. The Morgan fingerprint density at radius 1 is 1.20 bits per heavy atom. The molecule has 3 heterocycles. The minimum Gasteiger partial charge on any atom is -0.346 e. The second-order valence-electron chi connectivity index (χ2n) is 6.13. The lowest BCUT2D eigenvalue weighted by Crippen LogP contribution is -2.24. The second-order valence-corrected chi connectivity index (χ2v) is 6.98. The lowest BCUT2D eigenvalue weighted by Gasteiger charge is -2.08. The van der Waals surface area contributed by atoms with Crippen molar-refractivity contribution in [3.05, 3.63) is 77.5 Å². The molecule has 0 saturated carbocycles. The van der Waals surface area contributed by atoms with Crippen LogP contribution in [-0.2, 0) is 12.7 Å². The number of aromatic nitrogens is 5. The molecule has 1 amide bonds. The van der Waals surface area contributed by atoms with Crippen molar-refractivity contribution >= 4 is 17.2 Å². The van der Waals surface area contributed by atoms with Gasteiger partial charge in [0.05, 0.1) is 5.56 Å². The molecule has 0 atom stereocenters. The number of hydrogen-bond acceptors (Lipinski definition) is 6. The quantitative estimate of drug-likeness (QED) is 0.521. The molecular formula is C19H13F3N6OS. The average molecular weight is 430 g/mol. The van der Waals surface area contributed by atoms with Gasteiger partial charge in [0, 0.05) is 29.2 Å². The third-order valence-corrected chi connectivity index (χ3v) is 5.01. The van der Waals surface area contributed by atoms with Crippen LogP contribution in [0.15, 0.2) is 60.6 Å². The summed E-state index contributed by atoms with van der Waals surface area (Å²) in [6, 6.07) is 8.37. The topological polar surface area (TPSA) is 85.6 Å². The molecule has 1 aromatic carbocycles. The number of halogens is 3. The fourth-order valence-electron chi connectivity index (χ4n) is 2.70. The van der Waals surface area contributed by atoms with Gasteiger partial charge in [-0.05, 0) is 18.2 Å². The van der Waals surface area contributed by atoms with Gasteiger partial charge in [-0.1, -0.05) is 18.2 Å². The van der Waals surface area contributed by atoms with Crippen LogP contribution in [-0.4, -0.2) is 30.6 Å². The maximum atomic E-state index is 12.9. The van der Waals surface area contributed by atoms with E-state index in [1.807, 2.05) is 0 Å². The maximum Gasteiger partial charge on any atom is 0.416 e. The molecule has 0 aliphatic heterocycles. The molecule has 7 nitrogen and oxygen atoms in total. The summed E-state index contributed by atoms with van der Waals surface area (Å²) in [6.45, 7) is 0.165. The number of hydrogen-bond donors (Lipinski definition) is 1. The highest BCUT2D eigenvalue weighted by atomic mass is 32.1. The summed E-state index contributed by atoms with van der Waals surface area (Å²) >= 11 is 1.10. The van der Waals surface area contributed by atoms with Gasteiger partial charge in [0.25, 0.3) is 5.91 Å². The average Bonchev–Trinajstić information content (AvgIpc) is 3.44. The number of carbonyl (C=O) groups is 1. The number of benzene rings is 1. The molecule has 3 aromatic heterocycles. The van der Waals surface area contributed by atoms with E-state index in [0.29, 0.717) is 22.0 Å². The van der Waals surface area contributed by atoms with Crippen molar-refractivity contribution in [1.29, 1.82) is 0 Å². The molecule has 11 heteroatoms. The predicted octanol–water partition coefficient (Wildman–Crippen LogP) is 3.73. The predicted molar refractivity (Wildman–Crippen MR) is 103 cm³/mol. The summed E-state index contributed by atoms with van der Waals surface area (Å²) in [5.41, 5.74) is 0.372. The Balaban J connectivity index is 1.49. The van der Waals surface area contributed by atoms with Gasteiger partial charge < -0.3 is 5.32 Å². The minimum atomic E-state index is -4.45. The van der Waals surface area contributed by atoms with Crippen LogP contribution in [0.25, 0.3) is 16.4 Å². The van der Waals surface area contributed by atoms with E-state index >= 15 is 0 Å². The summed E-state index contributed by atoms with van der Waals surface area (Å²) < 4.78 is 40.2. The minimum absolute atomic E-state index is 0.124. The van der Waals surface area contributed by atoms with Crippen molar-refractivity contribution in [2.24, 2.45) is 0 Å². The van der Waals surface area contributed by atoms with Crippen LogP contribution in [0.1, 0.15) is 21.6 Å². The number of pyridine rings is 1. The number of rotatable bonds is 5. The third-order valence-electron chi connectivity index (χ3n) is 4.12. The number of nitrogens with one attached hydrogen (secondary N) is 1. The van der Waals surface area contributed by atoms with E-state index < -0.39 is 17.6 Å². The van der Waals surface area contributed by atoms with Gasteiger partial charge in [-0.3, -0.25) is 4.79 Å². The first-order valence-electron chi connectivity index (χ1n) is 8.62. The van der Waals surface area contributed by atoms with Crippen molar-refractivity contribution in [3.8, 4) is 16.4 Å². The molecule has 30 heavy (non-hydrogen) atoms. The monoisotopic (exact) mass is 430 g/mol. The van der Waals surface area contributed by atoms with Gasteiger partial charge in [-0.15, -0.1) is 11.3 Å². The Kier molecular flexibility index (Phi) is 5.27. The molecule has 0 spiro atoms. The van der Waals surface area contributed by atoms with Crippen molar-refractivity contribution in [3.63, 3.8) is 0 Å². The third kappa shape index (κ3) is 4.20. The zero-order chi connectivity index (χ0) is 21.1. The molecule has 152 valence electrons. The standard InChI is InChI=1S/C19H13F3N6OS/c20-19(21,22)14-5-1-3-12(7-14)18-27-15(9-30-18)17(29)25-8-13-4-2-6-24-16(13)28-11-23-10-26-28/h1-7,9-11H,8H2,(H,25,29). The number of carbonyl (C=O) groups excluding carboxylic acids is 1. The molecule has 0 fully saturated rings. The molecule has 0 unspecified atom stereocenters. The Morgan fingerprint density at radius 3 is 2.83 bits per heavy atom. The van der Waals surface area contributed by atoms with Gasteiger partial charge in [0.2, 0.25) is 0 Å². The molecule has 4 aromatic rings. The lowest BCUT2D eigenvalue weighted by molar-refractivity contribution is -0.137. The Labute approximate surface area is 172 Å². The normalized spacial score (nSPS) is 11.4. The molecule has 0 bridgehead atoms. The highest BCUT2D eigenvalue weighted by molar-refractivity contribution is 7.13. The molecule has 0 aliphatic carbocycles. The summed E-state index contributed by atoms with van der Waals surface area (Å²) in [5.74, 6) is 0.0797. The van der Waals surface area contributed by atoms with E-state index in [4.69, 9.17) is 0 Å². The Hall–Kier alpha value is -3.60. The van der Waals surface area contributed by atoms with Gasteiger partial charge in [-0.25, -0.2) is 19.6 Å². The van der Waals surface area contributed by atoms with E-state index in [0.717, 1.165) is 23.5 Å². The first-order valence-corrected chi connectivity index (χ1v) is 9.50. The van der Waals surface area contributed by atoms with E-state index in [-0.39, 0.29) is 12.2 Å². The lowest BCUT2D eigenvalue weighted by atomic mass is 10.1. The van der Waals surface area contributed by atoms with Crippen LogP contribution in [0, 0.1) is 0 Å². The van der Waals surface area contributed by atoms with Gasteiger partial charge >= 0.3 is 6.18 Å². The fourth-order valence-corrected chi connectivity index (χ4v) is 3.49. The summed E-state index contributed by atoms with van der Waals surface area (Å²) in [5, 5.41) is 8.61. The largest absolute Gasteiger partial charge is 0.416 e. The van der Waals surface area contributed by atoms with E-state index in [1.54, 1.807) is 18.3 Å². The van der Waals surface area contributed by atoms with Crippen molar-refractivity contribution < 1.29 is 18.0 Å².